The molecule has 1 heterocycles. The highest BCUT2D eigenvalue weighted by atomic mass is 19.1. The van der Waals surface area contributed by atoms with E-state index in [2.05, 4.69) is 25.7 Å². The molecule has 23 heavy (non-hydrogen) atoms. The second-order valence-electron chi connectivity index (χ2n) is 6.68. The number of aliphatic hydroxyl groups excluding tert-OH is 1. The number of piperidine rings is 1. The van der Waals surface area contributed by atoms with Crippen LogP contribution < -0.4 is 10.2 Å². The number of hydrogen-bond acceptors (Lipinski definition) is 3. The van der Waals surface area contributed by atoms with Crippen molar-refractivity contribution in [3.63, 3.8) is 0 Å². The third-order valence-electron chi connectivity index (χ3n) is 4.84. The topological polar surface area (TPSA) is 35.5 Å². The SMILES string of the molecule is C=CCC(C)C(C)NCc1ccc(N2CCC(O)CC2)c(F)c1. The summed E-state index contributed by atoms with van der Waals surface area (Å²) in [5, 5.41) is 13.0. The number of nitrogens with one attached hydrogen (secondary N) is 1. The molecule has 1 aliphatic heterocycles. The van der Waals surface area contributed by atoms with E-state index in [-0.39, 0.29) is 11.9 Å². The molecule has 3 nitrogen and oxygen atoms in total. The molecule has 1 aromatic rings. The number of halogens is 1. The minimum atomic E-state index is -0.239. The number of nitrogens with zero attached hydrogens (tertiary/aromatic N) is 1. The lowest BCUT2D eigenvalue weighted by Gasteiger charge is -2.31. The van der Waals surface area contributed by atoms with Crippen molar-refractivity contribution in [2.45, 2.75) is 51.8 Å². The Bertz CT molecular complexity index is 512. The fourth-order valence-electron chi connectivity index (χ4n) is 2.97. The molecule has 0 aliphatic carbocycles. The highest BCUT2D eigenvalue weighted by Gasteiger charge is 2.19. The fraction of sp³-hybridized carbons (Fsp3) is 0.579. The van der Waals surface area contributed by atoms with Crippen molar-refractivity contribution in [3.8, 4) is 0 Å². The maximum absolute atomic E-state index is 14.4. The first-order valence-corrected chi connectivity index (χ1v) is 8.57. The third kappa shape index (κ3) is 5.05. The van der Waals surface area contributed by atoms with E-state index < -0.39 is 0 Å². The van der Waals surface area contributed by atoms with Gasteiger partial charge in [0.05, 0.1) is 11.8 Å². The first-order valence-electron chi connectivity index (χ1n) is 8.57. The highest BCUT2D eigenvalue weighted by molar-refractivity contribution is 5.49. The van der Waals surface area contributed by atoms with E-state index in [9.17, 15) is 9.50 Å². The molecule has 0 bridgehead atoms. The molecule has 0 saturated carbocycles. The molecule has 2 rings (SSSR count). The quantitative estimate of drug-likeness (QED) is 0.755. The first kappa shape index (κ1) is 18.0. The van der Waals surface area contributed by atoms with Gasteiger partial charge in [0.1, 0.15) is 5.82 Å². The van der Waals surface area contributed by atoms with Gasteiger partial charge in [0.15, 0.2) is 0 Å². The van der Waals surface area contributed by atoms with Crippen LogP contribution >= 0.6 is 0 Å². The Hall–Kier alpha value is -1.39. The number of allylic oxidation sites excluding steroid dienone is 1. The van der Waals surface area contributed by atoms with Crippen molar-refractivity contribution in [2.24, 2.45) is 5.92 Å². The third-order valence-corrected chi connectivity index (χ3v) is 4.84. The Morgan fingerprint density at radius 1 is 1.39 bits per heavy atom. The maximum Gasteiger partial charge on any atom is 0.146 e. The fourth-order valence-corrected chi connectivity index (χ4v) is 2.97. The molecule has 2 unspecified atom stereocenters. The van der Waals surface area contributed by atoms with Gasteiger partial charge < -0.3 is 15.3 Å². The zero-order valence-electron chi connectivity index (χ0n) is 14.3. The summed E-state index contributed by atoms with van der Waals surface area (Å²) < 4.78 is 14.4. The van der Waals surface area contributed by atoms with Crippen molar-refractivity contribution in [2.75, 3.05) is 18.0 Å². The number of anilines is 1. The monoisotopic (exact) mass is 320 g/mol. The van der Waals surface area contributed by atoms with E-state index in [1.807, 2.05) is 23.1 Å². The average Bonchev–Trinajstić information content (AvgIpc) is 2.54. The summed E-state index contributed by atoms with van der Waals surface area (Å²) in [5.41, 5.74) is 1.61. The Morgan fingerprint density at radius 2 is 2.09 bits per heavy atom. The van der Waals surface area contributed by atoms with Crippen molar-refractivity contribution in [1.82, 2.24) is 5.32 Å². The lowest BCUT2D eigenvalue weighted by atomic mass is 9.99. The van der Waals surface area contributed by atoms with Crippen LogP contribution in [0.25, 0.3) is 0 Å². The Kier molecular flexibility index (Phi) is 6.60. The Labute approximate surface area is 139 Å². The van der Waals surface area contributed by atoms with Crippen LogP contribution in [-0.2, 0) is 6.54 Å². The molecule has 1 aliphatic rings. The van der Waals surface area contributed by atoms with Gasteiger partial charge in [-0.2, -0.15) is 0 Å². The molecule has 1 fully saturated rings. The molecular formula is C19H29FN2O. The van der Waals surface area contributed by atoms with Crippen LogP contribution in [0.15, 0.2) is 30.9 Å². The summed E-state index contributed by atoms with van der Waals surface area (Å²) >= 11 is 0. The van der Waals surface area contributed by atoms with Crippen molar-refractivity contribution < 1.29 is 9.50 Å². The average molecular weight is 320 g/mol. The largest absolute Gasteiger partial charge is 0.393 e. The molecular weight excluding hydrogens is 291 g/mol. The van der Waals surface area contributed by atoms with Gasteiger partial charge in [-0.15, -0.1) is 6.58 Å². The first-order chi connectivity index (χ1) is 11.0. The smallest absolute Gasteiger partial charge is 0.146 e. The molecule has 0 amide bonds. The van der Waals surface area contributed by atoms with Crippen molar-refractivity contribution >= 4 is 5.69 Å². The van der Waals surface area contributed by atoms with E-state index in [1.165, 1.54) is 0 Å². The summed E-state index contributed by atoms with van der Waals surface area (Å²) in [4.78, 5) is 2.02. The van der Waals surface area contributed by atoms with Crippen molar-refractivity contribution in [3.05, 3.63) is 42.2 Å². The molecule has 0 radical (unpaired) electrons. The van der Waals surface area contributed by atoms with Gasteiger partial charge in [-0.3, -0.25) is 0 Å². The van der Waals surface area contributed by atoms with E-state index in [1.54, 1.807) is 6.07 Å². The second-order valence-corrected chi connectivity index (χ2v) is 6.68. The van der Waals surface area contributed by atoms with E-state index in [4.69, 9.17) is 0 Å². The normalized spacial score (nSPS) is 18.7. The number of aliphatic hydroxyl groups is 1. The summed E-state index contributed by atoms with van der Waals surface area (Å²) in [6, 6.07) is 5.83. The van der Waals surface area contributed by atoms with E-state index in [0.717, 1.165) is 12.0 Å². The van der Waals surface area contributed by atoms with Gasteiger partial charge in [-0.25, -0.2) is 4.39 Å². The molecule has 4 heteroatoms. The molecule has 2 atom stereocenters. The Morgan fingerprint density at radius 3 is 2.70 bits per heavy atom. The lowest BCUT2D eigenvalue weighted by Crippen LogP contribution is -2.36. The molecule has 2 N–H and O–H groups in total. The van der Waals surface area contributed by atoms with Crippen molar-refractivity contribution in [1.29, 1.82) is 0 Å². The van der Waals surface area contributed by atoms with Crippen LogP contribution in [0.1, 0.15) is 38.7 Å². The number of hydrogen-bond donors (Lipinski definition) is 2. The second kappa shape index (κ2) is 8.46. The molecule has 1 aromatic carbocycles. The van der Waals surface area contributed by atoms with Gasteiger partial charge in [0, 0.05) is 25.7 Å². The predicted octanol–water partition coefficient (Wildman–Crippen LogP) is 3.48. The van der Waals surface area contributed by atoms with E-state index >= 15 is 0 Å². The van der Waals surface area contributed by atoms with Crippen LogP contribution in [0.2, 0.25) is 0 Å². The van der Waals surface area contributed by atoms with Gasteiger partial charge >= 0.3 is 0 Å². The van der Waals surface area contributed by atoms with Gasteiger partial charge in [0.25, 0.3) is 0 Å². The van der Waals surface area contributed by atoms with E-state index in [0.29, 0.717) is 50.1 Å². The van der Waals surface area contributed by atoms with Gasteiger partial charge in [-0.05, 0) is 49.8 Å². The number of benzene rings is 1. The zero-order valence-corrected chi connectivity index (χ0v) is 14.3. The molecule has 128 valence electrons. The van der Waals surface area contributed by atoms with Gasteiger partial charge in [-0.1, -0.05) is 19.1 Å². The minimum Gasteiger partial charge on any atom is -0.393 e. The van der Waals surface area contributed by atoms with Gasteiger partial charge in [0.2, 0.25) is 0 Å². The summed E-state index contributed by atoms with van der Waals surface area (Å²) in [7, 11) is 0. The minimum absolute atomic E-state index is 0.174. The lowest BCUT2D eigenvalue weighted by molar-refractivity contribution is 0.145. The summed E-state index contributed by atoms with van der Waals surface area (Å²) in [5.74, 6) is 0.337. The highest BCUT2D eigenvalue weighted by Crippen LogP contribution is 2.24. The molecule has 0 spiro atoms. The van der Waals surface area contributed by atoms with Crippen LogP contribution in [0.3, 0.4) is 0 Å². The summed E-state index contributed by atoms with van der Waals surface area (Å²) in [6.45, 7) is 10.2. The number of rotatable bonds is 7. The predicted molar refractivity (Wildman–Crippen MR) is 94.1 cm³/mol. The van der Waals surface area contributed by atoms with Crippen LogP contribution in [0.4, 0.5) is 10.1 Å². The zero-order chi connectivity index (χ0) is 16.8. The standard InChI is InChI=1S/C19H29FN2O/c1-4-5-14(2)15(3)21-13-16-6-7-19(18(20)12-16)22-10-8-17(23)9-11-22/h4,6-7,12,14-15,17,21,23H,1,5,8-11,13H2,2-3H3. The molecule has 1 saturated heterocycles. The van der Waals surface area contributed by atoms with Crippen LogP contribution in [0.5, 0.6) is 0 Å². The van der Waals surface area contributed by atoms with Crippen LogP contribution in [0, 0.1) is 11.7 Å². The maximum atomic E-state index is 14.4. The summed E-state index contributed by atoms with van der Waals surface area (Å²) in [6.07, 6.45) is 4.09. The van der Waals surface area contributed by atoms with Crippen LogP contribution in [-0.4, -0.2) is 30.3 Å². The molecule has 0 aromatic heterocycles. The Balaban J connectivity index is 1.92.